The first kappa shape index (κ1) is 9.92. The van der Waals surface area contributed by atoms with Crippen molar-refractivity contribution in [2.75, 3.05) is 0 Å². The maximum absolute atomic E-state index is 13.0. The van der Waals surface area contributed by atoms with Crippen molar-refractivity contribution in [1.82, 2.24) is 0 Å². The van der Waals surface area contributed by atoms with E-state index in [0.29, 0.717) is 3.57 Å². The van der Waals surface area contributed by atoms with Crippen LogP contribution < -0.4 is 5.73 Å². The zero-order valence-electron chi connectivity index (χ0n) is 6.34. The number of hydrogen-bond donors (Lipinski definition) is 1. The van der Waals surface area contributed by atoms with Gasteiger partial charge in [-0.2, -0.15) is 5.26 Å². The van der Waals surface area contributed by atoms with Crippen LogP contribution in [0.2, 0.25) is 0 Å². The number of carbonyl (C=O) groups is 1. The van der Waals surface area contributed by atoms with Crippen molar-refractivity contribution in [1.29, 1.82) is 5.26 Å². The lowest BCUT2D eigenvalue weighted by Crippen LogP contribution is -2.15. The molecule has 0 aliphatic rings. The van der Waals surface area contributed by atoms with Gasteiger partial charge < -0.3 is 5.73 Å². The first-order valence-corrected chi connectivity index (χ1v) is 4.33. The molecule has 0 heterocycles. The van der Waals surface area contributed by atoms with Gasteiger partial charge in [0.1, 0.15) is 11.9 Å². The molecule has 0 radical (unpaired) electrons. The van der Waals surface area contributed by atoms with Crippen molar-refractivity contribution in [2.45, 2.75) is 0 Å². The number of primary amides is 1. The third-order valence-electron chi connectivity index (χ3n) is 1.46. The van der Waals surface area contributed by atoms with E-state index in [0.717, 1.165) is 6.07 Å². The highest BCUT2D eigenvalue weighted by molar-refractivity contribution is 14.1. The topological polar surface area (TPSA) is 66.9 Å². The van der Waals surface area contributed by atoms with Gasteiger partial charge in [-0.15, -0.1) is 0 Å². The van der Waals surface area contributed by atoms with Gasteiger partial charge in [-0.3, -0.25) is 4.79 Å². The second-order valence-electron chi connectivity index (χ2n) is 2.26. The summed E-state index contributed by atoms with van der Waals surface area (Å²) in [5.41, 5.74) is 4.58. The molecule has 0 bridgehead atoms. The van der Waals surface area contributed by atoms with E-state index in [1.807, 2.05) is 22.6 Å². The lowest BCUT2D eigenvalue weighted by molar-refractivity contribution is 0.0996. The normalized spacial score (nSPS) is 9.31. The summed E-state index contributed by atoms with van der Waals surface area (Å²) < 4.78 is 13.5. The van der Waals surface area contributed by atoms with Crippen molar-refractivity contribution < 1.29 is 9.18 Å². The Kier molecular flexibility index (Phi) is 2.83. The third kappa shape index (κ3) is 1.78. The predicted molar refractivity (Wildman–Crippen MR) is 52.3 cm³/mol. The molecule has 13 heavy (non-hydrogen) atoms. The third-order valence-corrected chi connectivity index (χ3v) is 2.36. The molecule has 1 amide bonds. The lowest BCUT2D eigenvalue weighted by Gasteiger charge is -2.02. The average molecular weight is 290 g/mol. The first-order chi connectivity index (χ1) is 6.07. The standard InChI is InChI=1S/C8H4FIN2O/c9-5-1-2-6(10)4(3-11)7(5)8(12)13/h1-2H,(H2,12,13). The smallest absolute Gasteiger partial charge is 0.253 e. The highest BCUT2D eigenvalue weighted by Crippen LogP contribution is 2.18. The van der Waals surface area contributed by atoms with Gasteiger partial charge in [0, 0.05) is 3.57 Å². The van der Waals surface area contributed by atoms with E-state index in [4.69, 9.17) is 11.0 Å². The van der Waals surface area contributed by atoms with Gasteiger partial charge in [-0.1, -0.05) is 0 Å². The van der Waals surface area contributed by atoms with Gasteiger partial charge in [-0.25, -0.2) is 4.39 Å². The summed E-state index contributed by atoms with van der Waals surface area (Å²) in [5, 5.41) is 8.64. The second kappa shape index (κ2) is 3.70. The maximum atomic E-state index is 13.0. The molecule has 1 aromatic carbocycles. The van der Waals surface area contributed by atoms with Gasteiger partial charge >= 0.3 is 0 Å². The summed E-state index contributed by atoms with van der Waals surface area (Å²) in [4.78, 5) is 10.8. The number of hydrogen-bond acceptors (Lipinski definition) is 2. The average Bonchev–Trinajstić information content (AvgIpc) is 2.07. The molecule has 0 saturated heterocycles. The Bertz CT molecular complexity index is 411. The highest BCUT2D eigenvalue weighted by atomic mass is 127. The minimum atomic E-state index is -0.924. The van der Waals surface area contributed by atoms with Crippen LogP contribution in [0.5, 0.6) is 0 Å². The Labute approximate surface area is 87.5 Å². The Balaban J connectivity index is 3.55. The van der Waals surface area contributed by atoms with Crippen molar-refractivity contribution in [2.24, 2.45) is 5.73 Å². The quantitative estimate of drug-likeness (QED) is 0.794. The molecular weight excluding hydrogens is 286 g/mol. The molecular formula is C8H4FIN2O. The molecule has 1 rings (SSSR count). The Morgan fingerprint density at radius 3 is 2.62 bits per heavy atom. The van der Waals surface area contributed by atoms with Crippen LogP contribution in [0.3, 0.4) is 0 Å². The van der Waals surface area contributed by atoms with Crippen LogP contribution in [0.25, 0.3) is 0 Å². The molecule has 0 atom stereocenters. The number of nitrogens with zero attached hydrogens (tertiary/aromatic N) is 1. The number of nitrogens with two attached hydrogens (primary N) is 1. The summed E-state index contributed by atoms with van der Waals surface area (Å²) in [5.74, 6) is -1.68. The van der Waals surface area contributed by atoms with Gasteiger partial charge in [0.15, 0.2) is 0 Å². The SMILES string of the molecule is N#Cc1c(I)ccc(F)c1C(N)=O. The summed E-state index contributed by atoms with van der Waals surface area (Å²) >= 11 is 1.84. The lowest BCUT2D eigenvalue weighted by atomic mass is 10.1. The molecule has 0 fully saturated rings. The highest BCUT2D eigenvalue weighted by Gasteiger charge is 2.16. The van der Waals surface area contributed by atoms with Crippen LogP contribution >= 0.6 is 22.6 Å². The van der Waals surface area contributed by atoms with Crippen LogP contribution in [0.15, 0.2) is 12.1 Å². The fourth-order valence-corrected chi connectivity index (χ4v) is 1.47. The van der Waals surface area contributed by atoms with Crippen LogP contribution in [0.1, 0.15) is 15.9 Å². The van der Waals surface area contributed by atoms with Crippen molar-refractivity contribution >= 4 is 28.5 Å². The molecule has 0 spiro atoms. The molecule has 0 unspecified atom stereocenters. The first-order valence-electron chi connectivity index (χ1n) is 3.26. The summed E-state index contributed by atoms with van der Waals surface area (Å²) in [6.07, 6.45) is 0. The van der Waals surface area contributed by atoms with Crippen molar-refractivity contribution in [3.05, 3.63) is 32.6 Å². The van der Waals surface area contributed by atoms with E-state index in [9.17, 15) is 9.18 Å². The van der Waals surface area contributed by atoms with Crippen LogP contribution in [-0.2, 0) is 0 Å². The number of halogens is 2. The van der Waals surface area contributed by atoms with Gasteiger partial charge in [0.05, 0.1) is 11.1 Å². The largest absolute Gasteiger partial charge is 0.365 e. The van der Waals surface area contributed by atoms with Gasteiger partial charge in [0.25, 0.3) is 5.91 Å². The molecule has 3 nitrogen and oxygen atoms in total. The molecule has 0 aliphatic carbocycles. The molecule has 0 aromatic heterocycles. The number of nitriles is 1. The molecule has 5 heteroatoms. The Morgan fingerprint density at radius 1 is 1.62 bits per heavy atom. The molecule has 0 saturated carbocycles. The van der Waals surface area contributed by atoms with E-state index in [1.165, 1.54) is 6.07 Å². The summed E-state index contributed by atoms with van der Waals surface area (Å²) in [6, 6.07) is 4.27. The van der Waals surface area contributed by atoms with Crippen LogP contribution in [0, 0.1) is 20.7 Å². The Hall–Kier alpha value is -1.16. The molecule has 66 valence electrons. The van der Waals surface area contributed by atoms with Crippen molar-refractivity contribution in [3.8, 4) is 6.07 Å². The minimum Gasteiger partial charge on any atom is -0.365 e. The van der Waals surface area contributed by atoms with E-state index in [1.54, 1.807) is 6.07 Å². The minimum absolute atomic E-state index is 0.00639. The van der Waals surface area contributed by atoms with E-state index < -0.39 is 11.7 Å². The van der Waals surface area contributed by atoms with Crippen LogP contribution in [0.4, 0.5) is 4.39 Å². The Morgan fingerprint density at radius 2 is 2.23 bits per heavy atom. The molecule has 2 N–H and O–H groups in total. The molecule has 1 aromatic rings. The second-order valence-corrected chi connectivity index (χ2v) is 3.42. The monoisotopic (exact) mass is 290 g/mol. The van der Waals surface area contributed by atoms with Crippen molar-refractivity contribution in [3.63, 3.8) is 0 Å². The molecule has 0 aliphatic heterocycles. The summed E-state index contributed by atoms with van der Waals surface area (Å²) in [6.45, 7) is 0. The van der Waals surface area contributed by atoms with Crippen LogP contribution in [-0.4, -0.2) is 5.91 Å². The number of benzene rings is 1. The van der Waals surface area contributed by atoms with E-state index in [2.05, 4.69) is 0 Å². The number of amides is 1. The maximum Gasteiger partial charge on any atom is 0.253 e. The summed E-state index contributed by atoms with van der Waals surface area (Å²) in [7, 11) is 0. The van der Waals surface area contributed by atoms with Gasteiger partial charge in [-0.05, 0) is 34.7 Å². The zero-order chi connectivity index (χ0) is 10.0. The predicted octanol–water partition coefficient (Wildman–Crippen LogP) is 1.40. The fourth-order valence-electron chi connectivity index (χ4n) is 0.902. The van der Waals surface area contributed by atoms with E-state index >= 15 is 0 Å². The van der Waals surface area contributed by atoms with E-state index in [-0.39, 0.29) is 11.1 Å². The fraction of sp³-hybridized carbons (Fsp3) is 0. The zero-order valence-corrected chi connectivity index (χ0v) is 8.50. The van der Waals surface area contributed by atoms with Gasteiger partial charge in [0.2, 0.25) is 0 Å². The number of rotatable bonds is 1. The number of carbonyl (C=O) groups excluding carboxylic acids is 1.